The fraction of sp³-hybridized carbons (Fsp3) is 0.100. The Labute approximate surface area is 123 Å². The van der Waals surface area contributed by atoms with Gasteiger partial charge in [-0.15, -0.1) is 0 Å². The predicted molar refractivity (Wildman–Crippen MR) is 90.2 cm³/mol. The molecular weight excluding hydrogens is 256 g/mol. The van der Waals surface area contributed by atoms with Gasteiger partial charge in [0.15, 0.2) is 0 Å². The summed E-state index contributed by atoms with van der Waals surface area (Å²) in [4.78, 5) is 0. The van der Waals surface area contributed by atoms with Gasteiger partial charge >= 0.3 is 0 Å². The van der Waals surface area contributed by atoms with Gasteiger partial charge in [0.25, 0.3) is 0 Å². The number of hydrogen-bond donors (Lipinski definition) is 0. The second kappa shape index (κ2) is 4.49. The van der Waals surface area contributed by atoms with Crippen LogP contribution in [-0.4, -0.2) is 7.11 Å². The van der Waals surface area contributed by atoms with E-state index >= 15 is 0 Å². The van der Waals surface area contributed by atoms with Gasteiger partial charge in [-0.05, 0) is 40.1 Å². The van der Waals surface area contributed by atoms with Crippen LogP contribution < -0.4 is 4.74 Å². The lowest BCUT2D eigenvalue weighted by Gasteiger charge is -2.13. The molecule has 4 rings (SSSR count). The van der Waals surface area contributed by atoms with Crippen LogP contribution in [0.3, 0.4) is 0 Å². The van der Waals surface area contributed by atoms with Gasteiger partial charge in [-0.2, -0.15) is 0 Å². The first-order valence-corrected chi connectivity index (χ1v) is 7.17. The molecule has 0 bridgehead atoms. The van der Waals surface area contributed by atoms with E-state index in [1.807, 2.05) is 0 Å². The third kappa shape index (κ3) is 1.71. The number of hydrogen-bond acceptors (Lipinski definition) is 1. The fourth-order valence-electron chi connectivity index (χ4n) is 3.23. The summed E-state index contributed by atoms with van der Waals surface area (Å²) >= 11 is 0. The van der Waals surface area contributed by atoms with E-state index in [0.717, 1.165) is 5.75 Å². The van der Waals surface area contributed by atoms with Crippen molar-refractivity contribution in [3.8, 4) is 5.75 Å². The van der Waals surface area contributed by atoms with E-state index < -0.39 is 0 Å². The van der Waals surface area contributed by atoms with Crippen molar-refractivity contribution >= 4 is 32.3 Å². The van der Waals surface area contributed by atoms with Crippen molar-refractivity contribution in [1.82, 2.24) is 0 Å². The van der Waals surface area contributed by atoms with Crippen LogP contribution in [0.4, 0.5) is 0 Å². The molecule has 0 saturated heterocycles. The van der Waals surface area contributed by atoms with Crippen LogP contribution in [0, 0.1) is 6.92 Å². The highest BCUT2D eigenvalue weighted by molar-refractivity contribution is 6.22. The molecule has 21 heavy (non-hydrogen) atoms. The SMILES string of the molecule is COc1ccc(C)c2ccc3ccc4ccccc4c3c12. The molecule has 0 aliphatic rings. The zero-order valence-electron chi connectivity index (χ0n) is 12.2. The van der Waals surface area contributed by atoms with E-state index in [1.54, 1.807) is 7.11 Å². The average Bonchev–Trinajstić information content (AvgIpc) is 2.54. The summed E-state index contributed by atoms with van der Waals surface area (Å²) in [6.07, 6.45) is 0. The Hall–Kier alpha value is -2.54. The summed E-state index contributed by atoms with van der Waals surface area (Å²) in [5, 5.41) is 7.56. The number of aryl methyl sites for hydroxylation is 1. The maximum absolute atomic E-state index is 5.64. The first-order chi connectivity index (χ1) is 10.3. The van der Waals surface area contributed by atoms with E-state index in [-0.39, 0.29) is 0 Å². The van der Waals surface area contributed by atoms with Gasteiger partial charge in [0.1, 0.15) is 5.75 Å². The zero-order valence-corrected chi connectivity index (χ0v) is 12.2. The molecule has 0 heterocycles. The minimum Gasteiger partial charge on any atom is -0.496 e. The molecule has 0 fully saturated rings. The van der Waals surface area contributed by atoms with Crippen molar-refractivity contribution in [3.63, 3.8) is 0 Å². The zero-order chi connectivity index (χ0) is 14.4. The predicted octanol–water partition coefficient (Wildman–Crippen LogP) is 5.46. The molecule has 0 aliphatic carbocycles. The summed E-state index contributed by atoms with van der Waals surface area (Å²) in [5.41, 5.74) is 1.28. The minimum absolute atomic E-state index is 0.942. The van der Waals surface area contributed by atoms with Crippen molar-refractivity contribution in [1.29, 1.82) is 0 Å². The molecule has 0 spiro atoms. The molecular formula is C20H16O. The summed E-state index contributed by atoms with van der Waals surface area (Å²) < 4.78 is 5.64. The third-order valence-electron chi connectivity index (χ3n) is 4.29. The fourth-order valence-corrected chi connectivity index (χ4v) is 3.23. The van der Waals surface area contributed by atoms with E-state index in [9.17, 15) is 0 Å². The first kappa shape index (κ1) is 12.2. The van der Waals surface area contributed by atoms with E-state index in [4.69, 9.17) is 4.74 Å². The summed E-state index contributed by atoms with van der Waals surface area (Å²) in [7, 11) is 1.74. The third-order valence-corrected chi connectivity index (χ3v) is 4.29. The molecule has 0 saturated carbocycles. The number of fused-ring (bicyclic) bond motifs is 5. The van der Waals surface area contributed by atoms with E-state index in [1.165, 1.54) is 37.9 Å². The van der Waals surface area contributed by atoms with Crippen LogP contribution in [0.15, 0.2) is 60.7 Å². The molecule has 0 radical (unpaired) electrons. The van der Waals surface area contributed by atoms with Crippen LogP contribution in [-0.2, 0) is 0 Å². The van der Waals surface area contributed by atoms with Crippen LogP contribution >= 0.6 is 0 Å². The van der Waals surface area contributed by atoms with Gasteiger partial charge in [-0.3, -0.25) is 0 Å². The van der Waals surface area contributed by atoms with Gasteiger partial charge in [-0.25, -0.2) is 0 Å². The summed E-state index contributed by atoms with van der Waals surface area (Å²) in [5.74, 6) is 0.942. The van der Waals surface area contributed by atoms with Gasteiger partial charge in [-0.1, -0.05) is 54.6 Å². The van der Waals surface area contributed by atoms with Crippen molar-refractivity contribution in [2.45, 2.75) is 6.92 Å². The van der Waals surface area contributed by atoms with Crippen molar-refractivity contribution in [2.75, 3.05) is 7.11 Å². The quantitative estimate of drug-likeness (QED) is 0.418. The lowest BCUT2D eigenvalue weighted by Crippen LogP contribution is -1.89. The number of ether oxygens (including phenoxy) is 1. The average molecular weight is 272 g/mol. The number of methoxy groups -OCH3 is 1. The molecule has 0 atom stereocenters. The highest BCUT2D eigenvalue weighted by Gasteiger charge is 2.10. The summed E-state index contributed by atoms with van der Waals surface area (Å²) in [6, 6.07) is 21.5. The molecule has 102 valence electrons. The van der Waals surface area contributed by atoms with Gasteiger partial charge in [0.05, 0.1) is 7.11 Å². The Morgan fingerprint density at radius 2 is 1.43 bits per heavy atom. The van der Waals surface area contributed by atoms with E-state index in [0.29, 0.717) is 0 Å². The first-order valence-electron chi connectivity index (χ1n) is 7.17. The molecule has 1 nitrogen and oxygen atoms in total. The van der Waals surface area contributed by atoms with Crippen LogP contribution in [0.5, 0.6) is 5.75 Å². The van der Waals surface area contributed by atoms with Gasteiger partial charge in [0.2, 0.25) is 0 Å². The maximum atomic E-state index is 5.64. The maximum Gasteiger partial charge on any atom is 0.127 e. The molecule has 4 aromatic rings. The second-order valence-corrected chi connectivity index (χ2v) is 5.46. The lowest BCUT2D eigenvalue weighted by molar-refractivity contribution is 0.420. The summed E-state index contributed by atoms with van der Waals surface area (Å²) in [6.45, 7) is 2.15. The Morgan fingerprint density at radius 3 is 2.29 bits per heavy atom. The highest BCUT2D eigenvalue weighted by Crippen LogP contribution is 2.38. The van der Waals surface area contributed by atoms with Crippen LogP contribution in [0.25, 0.3) is 32.3 Å². The normalized spacial score (nSPS) is 11.3. The van der Waals surface area contributed by atoms with Crippen molar-refractivity contribution in [2.24, 2.45) is 0 Å². The van der Waals surface area contributed by atoms with Crippen molar-refractivity contribution < 1.29 is 4.74 Å². The van der Waals surface area contributed by atoms with E-state index in [2.05, 4.69) is 67.6 Å². The monoisotopic (exact) mass is 272 g/mol. The molecule has 0 aromatic heterocycles. The standard InChI is InChI=1S/C20H16O/c1-13-7-12-18(21-2)20-16(13)11-10-15-9-8-14-5-3-4-6-17(14)19(15)20/h3-12H,1-2H3. The lowest BCUT2D eigenvalue weighted by atomic mass is 9.94. The highest BCUT2D eigenvalue weighted by atomic mass is 16.5. The van der Waals surface area contributed by atoms with Crippen LogP contribution in [0.1, 0.15) is 5.56 Å². The number of rotatable bonds is 1. The Kier molecular flexibility index (Phi) is 2.61. The van der Waals surface area contributed by atoms with Crippen LogP contribution in [0.2, 0.25) is 0 Å². The second-order valence-electron chi connectivity index (χ2n) is 5.46. The molecule has 4 aromatic carbocycles. The van der Waals surface area contributed by atoms with Crippen molar-refractivity contribution in [3.05, 3.63) is 66.2 Å². The smallest absolute Gasteiger partial charge is 0.127 e. The molecule has 1 heteroatoms. The molecule has 0 unspecified atom stereocenters. The molecule has 0 amide bonds. The topological polar surface area (TPSA) is 9.23 Å². The largest absolute Gasteiger partial charge is 0.496 e. The minimum atomic E-state index is 0.942. The Bertz CT molecular complexity index is 983. The Morgan fingerprint density at radius 1 is 0.667 bits per heavy atom. The van der Waals surface area contributed by atoms with Gasteiger partial charge in [0, 0.05) is 10.8 Å². The Balaban J connectivity index is 2.37. The molecule has 0 aliphatic heterocycles. The number of benzene rings is 4. The van der Waals surface area contributed by atoms with Gasteiger partial charge < -0.3 is 4.74 Å². The molecule has 0 N–H and O–H groups in total.